The van der Waals surface area contributed by atoms with Gasteiger partial charge in [0, 0.05) is 11.6 Å². The molecule has 2 aromatic rings. The Balaban J connectivity index is 2.30. The van der Waals surface area contributed by atoms with Crippen LogP contribution in [0.2, 0.25) is 0 Å². The highest BCUT2D eigenvalue weighted by molar-refractivity contribution is 6.26. The molecule has 2 aromatic carbocycles. The van der Waals surface area contributed by atoms with Crippen molar-refractivity contribution in [1.82, 2.24) is 4.48 Å². The lowest BCUT2D eigenvalue weighted by atomic mass is 9.94. The minimum absolute atomic E-state index is 0.0522. The van der Waals surface area contributed by atoms with Crippen molar-refractivity contribution in [2.24, 2.45) is 0 Å². The lowest BCUT2D eigenvalue weighted by Crippen LogP contribution is -2.54. The molecule has 0 aliphatic carbocycles. The number of quaternary nitrogens is 1. The smallest absolute Gasteiger partial charge is 0.416 e. The van der Waals surface area contributed by atoms with E-state index in [2.05, 4.69) is 0 Å². The summed E-state index contributed by atoms with van der Waals surface area (Å²) in [6.45, 7) is -0.251. The number of hydrogen-bond donors (Lipinski definition) is 1. The van der Waals surface area contributed by atoms with Crippen molar-refractivity contribution in [2.45, 2.75) is 12.7 Å². The number of rotatable bonds is 4. The number of hydrogen-bond acceptors (Lipinski definition) is 3. The van der Waals surface area contributed by atoms with Gasteiger partial charge in [0.15, 0.2) is 11.4 Å². The van der Waals surface area contributed by atoms with Gasteiger partial charge in [-0.15, -0.1) is 0 Å². The zero-order valence-electron chi connectivity index (χ0n) is 15.4. The molecule has 3 rings (SSSR count). The van der Waals surface area contributed by atoms with E-state index in [0.29, 0.717) is 5.56 Å². The second-order valence-corrected chi connectivity index (χ2v) is 6.73. The van der Waals surface area contributed by atoms with E-state index in [9.17, 15) is 32.3 Å². The summed E-state index contributed by atoms with van der Waals surface area (Å²) in [6.07, 6.45) is -4.67. The molecule has 1 amide bonds. The van der Waals surface area contributed by atoms with Crippen molar-refractivity contribution in [3.63, 3.8) is 0 Å². The third-order valence-electron chi connectivity index (χ3n) is 4.80. The normalized spacial score (nSPS) is 19.2. The Bertz CT molecular complexity index is 1050. The molecule has 9 heteroatoms. The second-order valence-electron chi connectivity index (χ2n) is 6.73. The van der Waals surface area contributed by atoms with Gasteiger partial charge >= 0.3 is 18.1 Å². The number of ether oxygens (including phenoxy) is 1. The van der Waals surface area contributed by atoms with Gasteiger partial charge in [-0.05, 0) is 24.3 Å². The van der Waals surface area contributed by atoms with Crippen LogP contribution in [-0.2, 0) is 27.0 Å². The van der Waals surface area contributed by atoms with E-state index in [1.54, 1.807) is 0 Å². The van der Waals surface area contributed by atoms with Gasteiger partial charge in [-0.2, -0.15) is 13.2 Å². The number of fused-ring (bicyclic) bond motifs is 1. The lowest BCUT2D eigenvalue weighted by Gasteiger charge is -2.36. The number of alkyl halides is 3. The number of benzene rings is 2. The fourth-order valence-corrected chi connectivity index (χ4v) is 3.45. The summed E-state index contributed by atoms with van der Waals surface area (Å²) < 4.78 is 57.7. The van der Waals surface area contributed by atoms with Gasteiger partial charge in [0.05, 0.1) is 25.3 Å². The number of likely N-dealkylation sites (N-methyl/N-ethyl adjacent to an activating group) is 1. The van der Waals surface area contributed by atoms with Crippen molar-refractivity contribution in [3.05, 3.63) is 70.5 Å². The summed E-state index contributed by atoms with van der Waals surface area (Å²) in [7, 11) is 2.43. The number of aliphatic carboxylic acids is 1. The Morgan fingerprint density at radius 2 is 1.86 bits per heavy atom. The number of carbonyl (C=O) groups is 2. The van der Waals surface area contributed by atoms with E-state index in [0.717, 1.165) is 31.4 Å². The zero-order valence-corrected chi connectivity index (χ0v) is 15.4. The van der Waals surface area contributed by atoms with Crippen molar-refractivity contribution >= 4 is 23.3 Å². The second kappa shape index (κ2) is 7.00. The Morgan fingerprint density at radius 3 is 2.41 bits per heavy atom. The summed E-state index contributed by atoms with van der Waals surface area (Å²) in [5.74, 6) is -3.44. The molecular weight excluding hydrogens is 394 g/mol. The molecule has 0 bridgehead atoms. The van der Waals surface area contributed by atoms with Crippen LogP contribution in [0.15, 0.2) is 48.0 Å². The summed E-state index contributed by atoms with van der Waals surface area (Å²) >= 11 is 0. The number of amides is 1. The first-order valence-electron chi connectivity index (χ1n) is 8.37. The van der Waals surface area contributed by atoms with Crippen LogP contribution >= 0.6 is 0 Å². The molecule has 29 heavy (non-hydrogen) atoms. The van der Waals surface area contributed by atoms with Gasteiger partial charge in [0.2, 0.25) is 5.57 Å². The van der Waals surface area contributed by atoms with Gasteiger partial charge in [-0.25, -0.2) is 18.5 Å². The first-order chi connectivity index (χ1) is 13.5. The molecule has 1 heterocycles. The van der Waals surface area contributed by atoms with Gasteiger partial charge in [0.25, 0.3) is 0 Å². The van der Waals surface area contributed by atoms with Gasteiger partial charge < -0.3 is 9.84 Å². The molecule has 0 saturated heterocycles. The summed E-state index contributed by atoms with van der Waals surface area (Å²) in [4.78, 5) is 24.9. The predicted molar refractivity (Wildman–Crippen MR) is 95.8 cm³/mol. The SMILES string of the molecule is COC1=C(C(=O)O)C(=O)[N+](C)(Cc2cccc(F)c2)c2cc(C(F)(F)F)ccc21. The molecule has 5 nitrogen and oxygen atoms in total. The van der Waals surface area contributed by atoms with E-state index in [-0.39, 0.29) is 23.6 Å². The molecule has 1 aliphatic heterocycles. The molecule has 1 aliphatic rings. The molecule has 1 atom stereocenters. The van der Waals surface area contributed by atoms with Crippen LogP contribution in [0, 0.1) is 5.82 Å². The van der Waals surface area contributed by atoms with E-state index < -0.39 is 39.5 Å². The standard InChI is InChI=1S/C20H15F4NO4/c1-25(10-11-4-3-5-13(21)8-11)15-9-12(20(22,23)24)6-7-14(15)17(29-2)16(18(25)26)19(27)28/h3-9H,10H2,1-2H3/p+1. The van der Waals surface area contributed by atoms with Gasteiger partial charge in [0.1, 0.15) is 12.4 Å². The van der Waals surface area contributed by atoms with Crippen molar-refractivity contribution < 1.29 is 37.0 Å². The maximum absolute atomic E-state index is 13.6. The van der Waals surface area contributed by atoms with Gasteiger partial charge in [-0.3, -0.25) is 0 Å². The highest BCUT2D eigenvalue weighted by atomic mass is 19.4. The fraction of sp³-hybridized carbons (Fsp3) is 0.200. The molecule has 152 valence electrons. The molecule has 0 radical (unpaired) electrons. The van der Waals surface area contributed by atoms with Crippen LogP contribution in [0.4, 0.5) is 23.2 Å². The van der Waals surface area contributed by atoms with Crippen LogP contribution in [-0.4, -0.2) is 31.1 Å². The van der Waals surface area contributed by atoms with Crippen molar-refractivity contribution in [3.8, 4) is 0 Å². The summed E-state index contributed by atoms with van der Waals surface area (Å²) in [5.41, 5.74) is -1.40. The zero-order chi connectivity index (χ0) is 21.6. The number of carboxylic acid groups (broad SMARTS) is 1. The van der Waals surface area contributed by atoms with Crippen LogP contribution in [0.25, 0.3) is 5.76 Å². The third-order valence-corrected chi connectivity index (χ3v) is 4.80. The number of methoxy groups -OCH3 is 1. The first-order valence-corrected chi connectivity index (χ1v) is 8.37. The maximum Gasteiger partial charge on any atom is 0.416 e. The average molecular weight is 410 g/mol. The van der Waals surface area contributed by atoms with E-state index in [4.69, 9.17) is 4.74 Å². The highest BCUT2D eigenvalue weighted by Crippen LogP contribution is 2.44. The maximum atomic E-state index is 13.6. The molecule has 0 saturated carbocycles. The monoisotopic (exact) mass is 410 g/mol. The van der Waals surface area contributed by atoms with Crippen LogP contribution in [0.1, 0.15) is 16.7 Å². The van der Waals surface area contributed by atoms with E-state index in [1.807, 2.05) is 0 Å². The molecule has 1 N–H and O–H groups in total. The fourth-order valence-electron chi connectivity index (χ4n) is 3.45. The minimum Gasteiger partial charge on any atom is -0.495 e. The van der Waals surface area contributed by atoms with Gasteiger partial charge in [-0.1, -0.05) is 12.1 Å². The molecule has 0 fully saturated rings. The number of halogens is 4. The van der Waals surface area contributed by atoms with E-state index in [1.165, 1.54) is 25.2 Å². The molecular formula is C20H16F4NO4+. The van der Waals surface area contributed by atoms with Crippen molar-refractivity contribution in [2.75, 3.05) is 14.2 Å². The summed E-state index contributed by atoms with van der Waals surface area (Å²) in [5, 5.41) is 9.55. The molecule has 0 spiro atoms. The van der Waals surface area contributed by atoms with Crippen LogP contribution in [0.3, 0.4) is 0 Å². The average Bonchev–Trinajstić information content (AvgIpc) is 2.63. The first kappa shape index (κ1) is 20.5. The highest BCUT2D eigenvalue weighted by Gasteiger charge is 2.49. The summed E-state index contributed by atoms with van der Waals surface area (Å²) in [6, 6.07) is 7.89. The topological polar surface area (TPSA) is 63.6 Å². The third kappa shape index (κ3) is 3.49. The Labute approximate surface area is 163 Å². The van der Waals surface area contributed by atoms with Crippen molar-refractivity contribution in [1.29, 1.82) is 0 Å². The minimum atomic E-state index is -4.67. The number of nitrogens with zero attached hydrogens (tertiary/aromatic N) is 1. The number of carbonyl (C=O) groups excluding carboxylic acids is 1. The predicted octanol–water partition coefficient (Wildman–Crippen LogP) is 3.96. The Kier molecular flexibility index (Phi) is 4.96. The van der Waals surface area contributed by atoms with Crippen LogP contribution in [0.5, 0.6) is 0 Å². The van der Waals surface area contributed by atoms with Crippen LogP contribution < -0.4 is 4.48 Å². The largest absolute Gasteiger partial charge is 0.495 e. The lowest BCUT2D eigenvalue weighted by molar-refractivity contribution is -0.139. The Morgan fingerprint density at radius 1 is 1.17 bits per heavy atom. The van der Waals surface area contributed by atoms with E-state index >= 15 is 0 Å². The molecule has 0 aromatic heterocycles. The number of carboxylic acids is 1. The quantitative estimate of drug-likeness (QED) is 0.471. The molecule has 1 unspecified atom stereocenters. The Hall–Kier alpha value is -3.20.